The van der Waals surface area contributed by atoms with Gasteiger partial charge in [0.2, 0.25) is 5.91 Å². The highest BCUT2D eigenvalue weighted by atomic mass is 35.5. The van der Waals surface area contributed by atoms with Crippen LogP contribution >= 0.6 is 11.6 Å². The fourth-order valence-electron chi connectivity index (χ4n) is 2.18. The van der Waals surface area contributed by atoms with Gasteiger partial charge in [0, 0.05) is 24.4 Å². The lowest BCUT2D eigenvalue weighted by molar-refractivity contribution is -0.137. The molecule has 0 aliphatic rings. The molecule has 0 aromatic rings. The molecule has 0 N–H and O–H groups in total. The third-order valence-electron chi connectivity index (χ3n) is 3.06. The average Bonchev–Trinajstić information content (AvgIpc) is 2.28. The van der Waals surface area contributed by atoms with Crippen molar-refractivity contribution >= 4 is 17.5 Å². The zero-order valence-electron chi connectivity index (χ0n) is 11.8. The SMILES string of the molecule is CCCC(CCC)C(=O)N(CCCCl)C(C)C. The van der Waals surface area contributed by atoms with Crippen molar-refractivity contribution < 1.29 is 4.79 Å². The van der Waals surface area contributed by atoms with E-state index in [-0.39, 0.29) is 12.0 Å². The van der Waals surface area contributed by atoms with Gasteiger partial charge in [0.1, 0.15) is 0 Å². The number of nitrogens with zero attached hydrogens (tertiary/aromatic N) is 1. The predicted molar refractivity (Wildman–Crippen MR) is 75.5 cm³/mol. The zero-order chi connectivity index (χ0) is 13.3. The monoisotopic (exact) mass is 261 g/mol. The fraction of sp³-hybridized carbons (Fsp3) is 0.929. The minimum absolute atomic E-state index is 0.211. The molecule has 0 unspecified atom stereocenters. The summed E-state index contributed by atoms with van der Waals surface area (Å²) in [5, 5.41) is 0. The minimum atomic E-state index is 0.211. The van der Waals surface area contributed by atoms with Gasteiger partial charge in [0.25, 0.3) is 0 Å². The zero-order valence-corrected chi connectivity index (χ0v) is 12.6. The average molecular weight is 262 g/mol. The van der Waals surface area contributed by atoms with Crippen LogP contribution < -0.4 is 0 Å². The van der Waals surface area contributed by atoms with Crippen LogP contribution in [0.5, 0.6) is 0 Å². The van der Waals surface area contributed by atoms with E-state index in [1.807, 2.05) is 4.90 Å². The highest BCUT2D eigenvalue weighted by Crippen LogP contribution is 2.18. The van der Waals surface area contributed by atoms with Gasteiger partial charge >= 0.3 is 0 Å². The molecule has 102 valence electrons. The Balaban J connectivity index is 4.52. The van der Waals surface area contributed by atoms with E-state index in [0.717, 1.165) is 38.6 Å². The van der Waals surface area contributed by atoms with Crippen molar-refractivity contribution in [1.29, 1.82) is 0 Å². The molecule has 3 heteroatoms. The van der Waals surface area contributed by atoms with Crippen molar-refractivity contribution in [3.8, 4) is 0 Å². The topological polar surface area (TPSA) is 20.3 Å². The first-order chi connectivity index (χ1) is 8.08. The third-order valence-corrected chi connectivity index (χ3v) is 3.33. The molecule has 17 heavy (non-hydrogen) atoms. The maximum Gasteiger partial charge on any atom is 0.225 e. The Kier molecular flexibility index (Phi) is 9.62. The van der Waals surface area contributed by atoms with Gasteiger partial charge in [-0.25, -0.2) is 0 Å². The molecule has 0 bridgehead atoms. The van der Waals surface area contributed by atoms with E-state index in [9.17, 15) is 4.79 Å². The summed E-state index contributed by atoms with van der Waals surface area (Å²) < 4.78 is 0. The summed E-state index contributed by atoms with van der Waals surface area (Å²) in [4.78, 5) is 14.5. The molecule has 0 heterocycles. The molecular weight excluding hydrogens is 234 g/mol. The Bertz CT molecular complexity index is 200. The molecule has 0 saturated heterocycles. The quantitative estimate of drug-likeness (QED) is 0.573. The van der Waals surface area contributed by atoms with Crippen LogP contribution in [0.25, 0.3) is 0 Å². The maximum atomic E-state index is 12.5. The van der Waals surface area contributed by atoms with Gasteiger partial charge < -0.3 is 4.90 Å². The Morgan fingerprint density at radius 3 is 2.06 bits per heavy atom. The molecule has 0 aliphatic heterocycles. The van der Waals surface area contributed by atoms with Crippen LogP contribution in [0.4, 0.5) is 0 Å². The second-order valence-electron chi connectivity index (χ2n) is 4.94. The lowest BCUT2D eigenvalue weighted by Gasteiger charge is -2.30. The van der Waals surface area contributed by atoms with E-state index < -0.39 is 0 Å². The summed E-state index contributed by atoms with van der Waals surface area (Å²) in [5.41, 5.74) is 0. The van der Waals surface area contributed by atoms with Crippen LogP contribution in [-0.2, 0) is 4.79 Å². The molecule has 2 nitrogen and oxygen atoms in total. The molecule has 1 amide bonds. The molecular formula is C14H28ClNO. The van der Waals surface area contributed by atoms with Crippen molar-refractivity contribution in [3.63, 3.8) is 0 Å². The largest absolute Gasteiger partial charge is 0.340 e. The van der Waals surface area contributed by atoms with E-state index in [1.165, 1.54) is 0 Å². The summed E-state index contributed by atoms with van der Waals surface area (Å²) >= 11 is 5.72. The highest BCUT2D eigenvalue weighted by molar-refractivity contribution is 6.17. The summed E-state index contributed by atoms with van der Waals surface area (Å²) in [6, 6.07) is 0.280. The number of hydrogen-bond acceptors (Lipinski definition) is 1. The summed E-state index contributed by atoms with van der Waals surface area (Å²) in [6.45, 7) is 9.26. The van der Waals surface area contributed by atoms with Gasteiger partial charge in [-0.1, -0.05) is 26.7 Å². The number of rotatable bonds is 9. The van der Waals surface area contributed by atoms with Crippen molar-refractivity contribution in [3.05, 3.63) is 0 Å². The number of alkyl halides is 1. The van der Waals surface area contributed by atoms with E-state index in [2.05, 4.69) is 27.7 Å². The number of carbonyl (C=O) groups is 1. The second kappa shape index (κ2) is 9.76. The standard InChI is InChI=1S/C14H28ClNO/c1-5-8-13(9-6-2)14(17)16(12(3)4)11-7-10-15/h12-13H,5-11H2,1-4H3. The van der Waals surface area contributed by atoms with Crippen molar-refractivity contribution in [2.24, 2.45) is 5.92 Å². The summed E-state index contributed by atoms with van der Waals surface area (Å²) in [6.07, 6.45) is 5.07. The van der Waals surface area contributed by atoms with E-state index >= 15 is 0 Å². The smallest absolute Gasteiger partial charge is 0.225 e. The summed E-state index contributed by atoms with van der Waals surface area (Å²) in [5.74, 6) is 1.17. The Hall–Kier alpha value is -0.240. The van der Waals surface area contributed by atoms with Crippen molar-refractivity contribution in [2.75, 3.05) is 12.4 Å². The number of carbonyl (C=O) groups excluding carboxylic acids is 1. The third kappa shape index (κ3) is 6.30. The van der Waals surface area contributed by atoms with Crippen LogP contribution in [0, 0.1) is 5.92 Å². The second-order valence-corrected chi connectivity index (χ2v) is 5.32. The molecule has 0 aromatic carbocycles. The van der Waals surface area contributed by atoms with Gasteiger partial charge in [-0.3, -0.25) is 4.79 Å². The van der Waals surface area contributed by atoms with E-state index in [4.69, 9.17) is 11.6 Å². The van der Waals surface area contributed by atoms with Gasteiger partial charge in [0.05, 0.1) is 0 Å². The minimum Gasteiger partial charge on any atom is -0.340 e. The Morgan fingerprint density at radius 1 is 1.18 bits per heavy atom. The molecule has 0 aliphatic carbocycles. The number of amides is 1. The maximum absolute atomic E-state index is 12.5. The lowest BCUT2D eigenvalue weighted by Crippen LogP contribution is -2.41. The lowest BCUT2D eigenvalue weighted by atomic mass is 9.96. The van der Waals surface area contributed by atoms with Gasteiger partial charge in [-0.2, -0.15) is 0 Å². The molecule has 0 aromatic heterocycles. The number of halogens is 1. The van der Waals surface area contributed by atoms with Gasteiger partial charge in [0.15, 0.2) is 0 Å². The van der Waals surface area contributed by atoms with Gasteiger partial charge in [-0.15, -0.1) is 11.6 Å². The summed E-state index contributed by atoms with van der Waals surface area (Å²) in [7, 11) is 0. The Labute approximate surface area is 112 Å². The fourth-order valence-corrected chi connectivity index (χ4v) is 2.30. The number of hydrogen-bond donors (Lipinski definition) is 0. The first-order valence-corrected chi connectivity index (χ1v) is 7.48. The normalized spacial score (nSPS) is 11.2. The van der Waals surface area contributed by atoms with Crippen LogP contribution in [-0.4, -0.2) is 29.3 Å². The van der Waals surface area contributed by atoms with Gasteiger partial charge in [-0.05, 0) is 33.1 Å². The van der Waals surface area contributed by atoms with Crippen molar-refractivity contribution in [2.45, 2.75) is 65.8 Å². The molecule has 0 rings (SSSR count). The predicted octanol–water partition coefficient (Wildman–Crippen LogP) is 4.07. The highest BCUT2D eigenvalue weighted by Gasteiger charge is 2.24. The first kappa shape index (κ1) is 16.8. The molecule has 0 spiro atoms. The molecule has 0 atom stereocenters. The van der Waals surface area contributed by atoms with Crippen LogP contribution in [0.15, 0.2) is 0 Å². The molecule has 0 fully saturated rings. The molecule has 0 saturated carbocycles. The van der Waals surface area contributed by atoms with E-state index in [1.54, 1.807) is 0 Å². The van der Waals surface area contributed by atoms with Crippen LogP contribution in [0.3, 0.4) is 0 Å². The van der Waals surface area contributed by atoms with Crippen molar-refractivity contribution in [1.82, 2.24) is 4.90 Å². The molecule has 0 radical (unpaired) electrons. The first-order valence-electron chi connectivity index (χ1n) is 6.94. The van der Waals surface area contributed by atoms with Crippen LogP contribution in [0.1, 0.15) is 59.8 Å². The Morgan fingerprint density at radius 2 is 1.71 bits per heavy atom. The van der Waals surface area contributed by atoms with E-state index in [0.29, 0.717) is 11.8 Å². The van der Waals surface area contributed by atoms with Crippen LogP contribution in [0.2, 0.25) is 0 Å².